The fourth-order valence-electron chi connectivity index (χ4n) is 5.41. The Morgan fingerprint density at radius 2 is 1.73 bits per heavy atom. The molecule has 1 fully saturated rings. The van der Waals surface area contributed by atoms with Crippen molar-refractivity contribution in [2.75, 3.05) is 0 Å². The van der Waals surface area contributed by atoms with Crippen LogP contribution in [0.25, 0.3) is 29.9 Å². The van der Waals surface area contributed by atoms with Gasteiger partial charge in [-0.15, -0.1) is 0 Å². The summed E-state index contributed by atoms with van der Waals surface area (Å²) >= 11 is 0. The summed E-state index contributed by atoms with van der Waals surface area (Å²) in [6.45, 7) is 12.7. The molecule has 5 heteroatoms. The van der Waals surface area contributed by atoms with Gasteiger partial charge in [-0.05, 0) is 68.2 Å². The standard InChI is InChI=1S/C28H28N4O/c1-6-18-16(5)24-11-21-13(2)7-25(30-21)19-10-27(33)20-8-17(29-28(19)20)9-22-14(3)15(4)23(31-22)12-26(18)32-24/h6,8-9,11-13,29-32H,1,7,10H2,2-5H3/b21-11-,22-9-,23-12-,25-19-/t13-/m0/s1. The zero-order valence-electron chi connectivity index (χ0n) is 19.5. The first-order valence-corrected chi connectivity index (χ1v) is 11.5. The molecule has 5 nitrogen and oxygen atoms in total. The second-order valence-electron chi connectivity index (χ2n) is 9.59. The molecule has 5 heterocycles. The highest BCUT2D eigenvalue weighted by molar-refractivity contribution is 6.12. The molecule has 0 unspecified atom stereocenters. The predicted octanol–water partition coefficient (Wildman–Crippen LogP) is 4.18. The Kier molecular flexibility index (Phi) is 4.15. The molecule has 2 aliphatic heterocycles. The van der Waals surface area contributed by atoms with Crippen LogP contribution in [-0.4, -0.2) is 20.7 Å². The van der Waals surface area contributed by atoms with Crippen molar-refractivity contribution < 1.29 is 4.79 Å². The number of carbonyl (C=O) groups excluding carboxylic acids is 1. The van der Waals surface area contributed by atoms with E-state index in [-0.39, 0.29) is 5.78 Å². The molecule has 3 aliphatic rings. The first-order chi connectivity index (χ1) is 15.8. The van der Waals surface area contributed by atoms with Gasteiger partial charge in [-0.1, -0.05) is 19.6 Å². The van der Waals surface area contributed by atoms with E-state index in [2.05, 4.69) is 72.8 Å². The number of carbonyl (C=O) groups is 1. The van der Waals surface area contributed by atoms with Crippen LogP contribution < -0.4 is 16.0 Å². The van der Waals surface area contributed by atoms with Gasteiger partial charge in [0, 0.05) is 68.2 Å². The highest BCUT2D eigenvalue weighted by atomic mass is 16.1. The second kappa shape index (κ2) is 6.88. The third kappa shape index (κ3) is 2.88. The lowest BCUT2D eigenvalue weighted by atomic mass is 10.0. The average molecular weight is 437 g/mol. The summed E-state index contributed by atoms with van der Waals surface area (Å²) in [4.78, 5) is 23.6. The van der Waals surface area contributed by atoms with Crippen LogP contribution in [0, 0.1) is 26.7 Å². The molecule has 4 N–H and O–H groups in total. The Bertz CT molecular complexity index is 1560. The molecule has 166 valence electrons. The van der Waals surface area contributed by atoms with Crippen LogP contribution in [0.3, 0.4) is 0 Å². The van der Waals surface area contributed by atoms with Gasteiger partial charge in [0.1, 0.15) is 0 Å². The van der Waals surface area contributed by atoms with Gasteiger partial charge in [0.05, 0.1) is 5.69 Å². The third-order valence-corrected chi connectivity index (χ3v) is 7.58. The zero-order chi connectivity index (χ0) is 23.0. The van der Waals surface area contributed by atoms with E-state index in [1.807, 2.05) is 12.1 Å². The lowest BCUT2D eigenvalue weighted by molar-refractivity contribution is 0.100. The zero-order valence-corrected chi connectivity index (χ0v) is 19.5. The summed E-state index contributed by atoms with van der Waals surface area (Å²) in [6.07, 6.45) is 9.77. The van der Waals surface area contributed by atoms with E-state index in [1.165, 1.54) is 22.4 Å². The van der Waals surface area contributed by atoms with Crippen LogP contribution in [0.2, 0.25) is 0 Å². The van der Waals surface area contributed by atoms with Gasteiger partial charge >= 0.3 is 0 Å². The van der Waals surface area contributed by atoms with E-state index in [4.69, 9.17) is 0 Å². The van der Waals surface area contributed by atoms with E-state index in [0.29, 0.717) is 12.3 Å². The van der Waals surface area contributed by atoms with E-state index in [1.54, 1.807) is 0 Å². The topological polar surface area (TPSA) is 76.5 Å². The van der Waals surface area contributed by atoms with E-state index in [9.17, 15) is 4.79 Å². The number of aromatic amines is 3. The number of rotatable bonds is 1. The normalized spacial score (nSPS) is 24.5. The highest BCUT2D eigenvalue weighted by Gasteiger charge is 2.32. The summed E-state index contributed by atoms with van der Waals surface area (Å²) < 4.78 is 0. The Morgan fingerprint density at radius 3 is 2.48 bits per heavy atom. The molecular formula is C28H28N4O. The van der Waals surface area contributed by atoms with Gasteiger partial charge in [0.15, 0.2) is 5.78 Å². The summed E-state index contributed by atoms with van der Waals surface area (Å²) in [5, 5.41) is 5.77. The van der Waals surface area contributed by atoms with Gasteiger partial charge < -0.3 is 20.3 Å². The minimum atomic E-state index is 0.185. The fraction of sp³-hybridized carbons (Fsp3) is 0.250. The minimum Gasteiger partial charge on any atom is -0.362 e. The number of H-pyrrole nitrogens is 3. The maximum Gasteiger partial charge on any atom is 0.169 e. The molecule has 6 rings (SSSR count). The van der Waals surface area contributed by atoms with Crippen molar-refractivity contribution in [1.29, 1.82) is 0 Å². The van der Waals surface area contributed by atoms with Gasteiger partial charge in [0.25, 0.3) is 0 Å². The molecule has 0 saturated carbocycles. The van der Waals surface area contributed by atoms with Gasteiger partial charge in [0.2, 0.25) is 0 Å². The minimum absolute atomic E-state index is 0.185. The molecular weight excluding hydrogens is 408 g/mol. The van der Waals surface area contributed by atoms with Crippen molar-refractivity contribution >= 4 is 35.7 Å². The van der Waals surface area contributed by atoms with Crippen molar-refractivity contribution in [3.05, 3.63) is 85.3 Å². The number of fused-ring (bicyclic) bond motifs is 7. The molecule has 1 saturated heterocycles. The highest BCUT2D eigenvalue weighted by Crippen LogP contribution is 2.40. The van der Waals surface area contributed by atoms with E-state index >= 15 is 0 Å². The fourth-order valence-corrected chi connectivity index (χ4v) is 5.41. The number of Topliss-reactive ketones (excluding diaryl/α,β-unsaturated/α-hetero) is 1. The maximum absolute atomic E-state index is 12.8. The number of hydrogen-bond donors (Lipinski definition) is 4. The Labute approximate surface area is 192 Å². The second-order valence-corrected chi connectivity index (χ2v) is 9.59. The number of aromatic nitrogens is 3. The third-order valence-electron chi connectivity index (χ3n) is 7.58. The van der Waals surface area contributed by atoms with Crippen LogP contribution >= 0.6 is 0 Å². The maximum atomic E-state index is 12.8. The largest absolute Gasteiger partial charge is 0.362 e. The predicted molar refractivity (Wildman–Crippen MR) is 134 cm³/mol. The monoisotopic (exact) mass is 436 g/mol. The van der Waals surface area contributed by atoms with Crippen molar-refractivity contribution in [3.63, 3.8) is 0 Å². The summed E-state index contributed by atoms with van der Waals surface area (Å²) in [5.41, 5.74) is 13.0. The quantitative estimate of drug-likeness (QED) is 0.462. The summed E-state index contributed by atoms with van der Waals surface area (Å²) in [6, 6.07) is 1.99. The molecule has 1 aliphatic carbocycles. The van der Waals surface area contributed by atoms with Gasteiger partial charge in [-0.2, -0.15) is 0 Å². The van der Waals surface area contributed by atoms with Crippen LogP contribution in [0.1, 0.15) is 75.2 Å². The van der Waals surface area contributed by atoms with Crippen LogP contribution in [-0.2, 0) is 0 Å². The first-order valence-electron chi connectivity index (χ1n) is 11.5. The van der Waals surface area contributed by atoms with Crippen molar-refractivity contribution in [3.8, 4) is 0 Å². The number of hydrogen-bond acceptors (Lipinski definition) is 2. The van der Waals surface area contributed by atoms with Crippen LogP contribution in [0.4, 0.5) is 0 Å². The molecule has 0 spiro atoms. The Morgan fingerprint density at radius 1 is 0.970 bits per heavy atom. The molecule has 3 aromatic rings. The smallest absolute Gasteiger partial charge is 0.169 e. The lowest BCUT2D eigenvalue weighted by Gasteiger charge is -2.06. The molecule has 0 amide bonds. The average Bonchev–Trinajstić information content (AvgIpc) is 3.54. The van der Waals surface area contributed by atoms with Crippen molar-refractivity contribution in [2.45, 2.75) is 40.5 Å². The SMILES string of the molecule is C=Cc1c2[nH]c(c1C)/C=C1\N/C(=C3/CC(=O)c4cc([nH]c43)/C=c3\[nH]/c(c(C)c3C)=C\2)C[C@@H]1C. The van der Waals surface area contributed by atoms with Crippen LogP contribution in [0.5, 0.6) is 0 Å². The molecule has 1 atom stereocenters. The lowest BCUT2D eigenvalue weighted by Crippen LogP contribution is -2.12. The van der Waals surface area contributed by atoms with Crippen LogP contribution in [0.15, 0.2) is 24.0 Å². The molecule has 33 heavy (non-hydrogen) atoms. The van der Waals surface area contributed by atoms with E-state index < -0.39 is 0 Å². The number of nitrogens with one attached hydrogen (secondary N) is 4. The molecule has 0 radical (unpaired) electrons. The first kappa shape index (κ1) is 19.9. The number of allylic oxidation sites excluding steroid dienone is 3. The van der Waals surface area contributed by atoms with Crippen molar-refractivity contribution in [1.82, 2.24) is 20.3 Å². The van der Waals surface area contributed by atoms with Gasteiger partial charge in [-0.25, -0.2) is 0 Å². The molecule has 8 bridgehead atoms. The molecule has 0 aromatic carbocycles. The number of ketones is 1. The molecule has 3 aromatic heterocycles. The van der Waals surface area contributed by atoms with Crippen molar-refractivity contribution in [2.24, 2.45) is 5.92 Å². The summed E-state index contributed by atoms with van der Waals surface area (Å²) in [7, 11) is 0. The Balaban J connectivity index is 1.69. The Hall–Kier alpha value is -3.73. The van der Waals surface area contributed by atoms with E-state index in [0.717, 1.165) is 62.3 Å². The van der Waals surface area contributed by atoms with Gasteiger partial charge in [-0.3, -0.25) is 4.79 Å². The summed E-state index contributed by atoms with van der Waals surface area (Å²) in [5.74, 6) is 0.534.